The molecule has 0 radical (unpaired) electrons. The largest absolute Gasteiger partial charge is 0.379 e. The van der Waals surface area contributed by atoms with Crippen LogP contribution in [0.5, 0.6) is 0 Å². The van der Waals surface area contributed by atoms with Crippen molar-refractivity contribution in [3.8, 4) is 0 Å². The molecule has 2 saturated heterocycles. The molecule has 7 heteroatoms. The summed E-state index contributed by atoms with van der Waals surface area (Å²) in [6.45, 7) is 5.44. The van der Waals surface area contributed by atoms with Gasteiger partial charge < -0.3 is 19.1 Å². The van der Waals surface area contributed by atoms with Crippen molar-refractivity contribution in [3.63, 3.8) is 0 Å². The maximum Gasteiger partial charge on any atom is 0.270 e. The predicted molar refractivity (Wildman–Crippen MR) is 85.0 cm³/mol. The summed E-state index contributed by atoms with van der Waals surface area (Å²) in [6, 6.07) is 0. The normalized spacial score (nSPS) is 27.5. The summed E-state index contributed by atoms with van der Waals surface area (Å²) in [5.74, 6) is 0. The summed E-state index contributed by atoms with van der Waals surface area (Å²) in [7, 11) is -3.23. The lowest BCUT2D eigenvalue weighted by atomic mass is 10.2. The Balaban J connectivity index is 1.67. The Labute approximate surface area is 132 Å². The van der Waals surface area contributed by atoms with E-state index in [1.807, 2.05) is 13.0 Å². The average Bonchev–Trinajstić information content (AvgIpc) is 2.54. The fourth-order valence-electron chi connectivity index (χ4n) is 2.61. The van der Waals surface area contributed by atoms with Crippen molar-refractivity contribution in [3.05, 3.63) is 11.6 Å². The van der Waals surface area contributed by atoms with Crippen molar-refractivity contribution < 1.29 is 23.7 Å². The third-order valence-corrected chi connectivity index (χ3v) is 6.10. The van der Waals surface area contributed by atoms with E-state index in [2.05, 4.69) is 0 Å². The van der Waals surface area contributed by atoms with Crippen molar-refractivity contribution >= 4 is 7.52 Å². The first-order valence-corrected chi connectivity index (χ1v) is 9.91. The molecular formula is C15H28NO5P. The Morgan fingerprint density at radius 2 is 2.14 bits per heavy atom. The molecule has 2 aliphatic rings. The fourth-order valence-corrected chi connectivity index (χ4v) is 4.15. The van der Waals surface area contributed by atoms with Crippen molar-refractivity contribution in [2.45, 2.75) is 38.9 Å². The molecule has 2 fully saturated rings. The first-order chi connectivity index (χ1) is 10.6. The lowest BCUT2D eigenvalue weighted by Gasteiger charge is -2.30. The topological polar surface area (TPSA) is 68.2 Å². The molecule has 2 unspecified atom stereocenters. The summed E-state index contributed by atoms with van der Waals surface area (Å²) < 4.78 is 30.4. The zero-order chi connectivity index (χ0) is 15.8. The van der Waals surface area contributed by atoms with Crippen LogP contribution in [0.15, 0.2) is 11.6 Å². The molecule has 2 atom stereocenters. The van der Waals surface area contributed by atoms with Gasteiger partial charge in [0.2, 0.25) is 0 Å². The molecule has 0 bridgehead atoms. The monoisotopic (exact) mass is 333 g/mol. The van der Waals surface area contributed by atoms with Crippen LogP contribution in [0.25, 0.3) is 0 Å². The molecule has 0 saturated carbocycles. The van der Waals surface area contributed by atoms with Gasteiger partial charge >= 0.3 is 0 Å². The molecular weight excluding hydrogens is 305 g/mol. The smallest absolute Gasteiger partial charge is 0.270 e. The van der Waals surface area contributed by atoms with Gasteiger partial charge in [-0.2, -0.15) is 0 Å². The van der Waals surface area contributed by atoms with E-state index in [1.54, 1.807) is 4.67 Å². The minimum absolute atomic E-state index is 0.0885. The molecule has 1 N–H and O–H groups in total. The van der Waals surface area contributed by atoms with Gasteiger partial charge in [0.05, 0.1) is 19.8 Å². The van der Waals surface area contributed by atoms with E-state index in [-0.39, 0.29) is 12.5 Å². The Kier molecular flexibility index (Phi) is 7.54. The van der Waals surface area contributed by atoms with Gasteiger partial charge in [0.25, 0.3) is 7.52 Å². The first-order valence-electron chi connectivity index (χ1n) is 8.12. The molecule has 0 spiro atoms. The fraction of sp³-hybridized carbons (Fsp3) is 0.867. The van der Waals surface area contributed by atoms with Gasteiger partial charge in [-0.05, 0) is 32.6 Å². The van der Waals surface area contributed by atoms with E-state index >= 15 is 0 Å². The highest BCUT2D eigenvalue weighted by Gasteiger charge is 2.28. The van der Waals surface area contributed by atoms with Gasteiger partial charge in [-0.25, -0.2) is 4.67 Å². The second-order valence-electron chi connectivity index (χ2n) is 5.90. The minimum atomic E-state index is -3.23. The number of allylic oxidation sites excluding steroid dienone is 1. The molecule has 2 heterocycles. The molecule has 2 aliphatic heterocycles. The number of hydrogen-bond donors (Lipinski definition) is 1. The SMILES string of the molecule is C/C(=C/CCP(=O)(O)N1CCOCC1)COC1CCCCO1. The highest BCUT2D eigenvalue weighted by Crippen LogP contribution is 2.45. The highest BCUT2D eigenvalue weighted by atomic mass is 31.2. The maximum absolute atomic E-state index is 12.3. The molecule has 0 aromatic carbocycles. The minimum Gasteiger partial charge on any atom is -0.379 e. The van der Waals surface area contributed by atoms with Gasteiger partial charge in [-0.15, -0.1) is 0 Å². The van der Waals surface area contributed by atoms with Crippen LogP contribution < -0.4 is 0 Å². The predicted octanol–water partition coefficient (Wildman–Crippen LogP) is 2.38. The van der Waals surface area contributed by atoms with Crippen LogP contribution in [0.1, 0.15) is 32.6 Å². The summed E-state index contributed by atoms with van der Waals surface area (Å²) >= 11 is 0. The summed E-state index contributed by atoms with van der Waals surface area (Å²) in [6.07, 6.45) is 6.00. The molecule has 6 nitrogen and oxygen atoms in total. The molecule has 0 aromatic heterocycles. The van der Waals surface area contributed by atoms with Crippen molar-refractivity contribution in [2.75, 3.05) is 45.7 Å². The third kappa shape index (κ3) is 6.11. The summed E-state index contributed by atoms with van der Waals surface area (Å²) in [4.78, 5) is 10.1. The maximum atomic E-state index is 12.3. The van der Waals surface area contributed by atoms with Crippen LogP contribution in [0.2, 0.25) is 0 Å². The molecule has 128 valence electrons. The van der Waals surface area contributed by atoms with Crippen molar-refractivity contribution in [1.82, 2.24) is 4.67 Å². The first kappa shape index (κ1) is 18.1. The van der Waals surface area contributed by atoms with Gasteiger partial charge in [-0.1, -0.05) is 11.6 Å². The third-order valence-electron chi connectivity index (χ3n) is 3.98. The summed E-state index contributed by atoms with van der Waals surface area (Å²) in [5.41, 5.74) is 1.08. The Bertz CT molecular complexity index is 403. The number of hydrogen-bond acceptors (Lipinski definition) is 4. The second-order valence-corrected chi connectivity index (χ2v) is 8.24. The van der Waals surface area contributed by atoms with Crippen LogP contribution in [-0.2, 0) is 18.8 Å². The van der Waals surface area contributed by atoms with Gasteiger partial charge in [0.15, 0.2) is 6.29 Å². The number of morpholine rings is 1. The van der Waals surface area contributed by atoms with Gasteiger partial charge in [-0.3, -0.25) is 4.57 Å². The van der Waals surface area contributed by atoms with E-state index in [0.717, 1.165) is 31.4 Å². The lowest BCUT2D eigenvalue weighted by molar-refractivity contribution is -0.156. The van der Waals surface area contributed by atoms with Crippen LogP contribution >= 0.6 is 7.52 Å². The van der Waals surface area contributed by atoms with E-state index in [4.69, 9.17) is 14.2 Å². The number of ether oxygens (including phenoxy) is 3. The molecule has 0 amide bonds. The molecule has 2 rings (SSSR count). The van der Waals surface area contributed by atoms with Crippen LogP contribution in [-0.4, -0.2) is 61.5 Å². The second kappa shape index (κ2) is 9.16. The van der Waals surface area contributed by atoms with Gasteiger partial charge in [0, 0.05) is 25.9 Å². The lowest BCUT2D eigenvalue weighted by Crippen LogP contribution is -2.34. The van der Waals surface area contributed by atoms with Crippen LogP contribution in [0, 0.1) is 0 Å². The van der Waals surface area contributed by atoms with Crippen molar-refractivity contribution in [2.24, 2.45) is 0 Å². The highest BCUT2D eigenvalue weighted by molar-refractivity contribution is 7.55. The zero-order valence-corrected chi connectivity index (χ0v) is 14.3. The number of nitrogens with zero attached hydrogens (tertiary/aromatic N) is 1. The zero-order valence-electron chi connectivity index (χ0n) is 13.4. The number of rotatable bonds is 7. The quantitative estimate of drug-likeness (QED) is 0.570. The molecule has 0 aliphatic carbocycles. The van der Waals surface area contributed by atoms with E-state index < -0.39 is 7.52 Å². The van der Waals surface area contributed by atoms with Crippen molar-refractivity contribution in [1.29, 1.82) is 0 Å². The van der Waals surface area contributed by atoms with E-state index in [0.29, 0.717) is 39.3 Å². The molecule has 0 aromatic rings. The van der Waals surface area contributed by atoms with Gasteiger partial charge in [0.1, 0.15) is 0 Å². The Morgan fingerprint density at radius 3 is 2.82 bits per heavy atom. The average molecular weight is 333 g/mol. The van der Waals surface area contributed by atoms with Crippen LogP contribution in [0.3, 0.4) is 0 Å². The summed E-state index contributed by atoms with van der Waals surface area (Å²) in [5, 5.41) is 0. The molecule has 22 heavy (non-hydrogen) atoms. The van der Waals surface area contributed by atoms with Crippen LogP contribution in [0.4, 0.5) is 0 Å². The van der Waals surface area contributed by atoms with E-state index in [1.165, 1.54) is 0 Å². The standard InChI is InChI=1S/C15H28NO5P/c1-14(13-21-15-6-2-3-9-20-15)5-4-12-22(17,18)16-7-10-19-11-8-16/h5,15H,2-4,6-13H2,1H3,(H,17,18)/b14-5-. The van der Waals surface area contributed by atoms with E-state index in [9.17, 15) is 9.46 Å². The Hall–Kier alpha value is -0.230. The Morgan fingerprint density at radius 1 is 1.36 bits per heavy atom.